The molecule has 0 spiro atoms. The zero-order chi connectivity index (χ0) is 17.9. The van der Waals surface area contributed by atoms with Crippen molar-refractivity contribution in [2.75, 3.05) is 0 Å². The summed E-state index contributed by atoms with van der Waals surface area (Å²) in [5, 5.41) is 0.697. The van der Waals surface area contributed by atoms with Gasteiger partial charge in [-0.25, -0.2) is 4.79 Å². The van der Waals surface area contributed by atoms with Crippen LogP contribution in [0.3, 0.4) is 0 Å². The van der Waals surface area contributed by atoms with Crippen LogP contribution in [0.15, 0.2) is 29.1 Å². The lowest BCUT2D eigenvalue weighted by Crippen LogP contribution is -2.57. The standard InChI is InChI=1S/C20H23N3O3/c21-17(24)16(20-8-11-5-12(9-20)7-13(6-11)10-20)26-18-14-3-1-2-4-15(14)22-19(25)23-18/h1-4,11-13,16H,5-10H2,(H2,21,24)(H,22,23,25). The number of amides is 1. The molecule has 1 amide bonds. The maximum Gasteiger partial charge on any atom is 0.348 e. The van der Waals surface area contributed by atoms with Gasteiger partial charge in [-0.1, -0.05) is 12.1 Å². The van der Waals surface area contributed by atoms with Crippen molar-refractivity contribution in [2.24, 2.45) is 28.9 Å². The molecule has 1 atom stereocenters. The largest absolute Gasteiger partial charge is 0.463 e. The molecule has 6 rings (SSSR count). The van der Waals surface area contributed by atoms with Crippen LogP contribution in [0.25, 0.3) is 10.9 Å². The van der Waals surface area contributed by atoms with Gasteiger partial charge in [-0.05, 0) is 68.4 Å². The molecule has 4 saturated carbocycles. The predicted octanol–water partition coefficient (Wildman–Crippen LogP) is 2.37. The lowest BCUT2D eigenvalue weighted by Gasteiger charge is -2.58. The second-order valence-electron chi connectivity index (χ2n) is 8.57. The minimum Gasteiger partial charge on any atom is -0.463 e. The summed E-state index contributed by atoms with van der Waals surface area (Å²) >= 11 is 0. The zero-order valence-electron chi connectivity index (χ0n) is 14.6. The molecule has 4 aliphatic rings. The Morgan fingerprint density at radius 2 is 1.77 bits per heavy atom. The fraction of sp³-hybridized carbons (Fsp3) is 0.550. The third-order valence-corrected chi connectivity index (χ3v) is 6.73. The summed E-state index contributed by atoms with van der Waals surface area (Å²) in [6, 6.07) is 7.34. The first-order valence-corrected chi connectivity index (χ1v) is 9.47. The van der Waals surface area contributed by atoms with Crippen LogP contribution in [-0.4, -0.2) is 22.0 Å². The number of hydrogen-bond acceptors (Lipinski definition) is 4. The Labute approximate surface area is 151 Å². The normalized spacial score (nSPS) is 33.3. The summed E-state index contributed by atoms with van der Waals surface area (Å²) in [5.74, 6) is 1.80. The first-order valence-electron chi connectivity index (χ1n) is 9.47. The van der Waals surface area contributed by atoms with Gasteiger partial charge in [-0.3, -0.25) is 4.79 Å². The Balaban J connectivity index is 1.56. The van der Waals surface area contributed by atoms with Crippen LogP contribution in [0.5, 0.6) is 5.88 Å². The Morgan fingerprint density at radius 3 is 2.38 bits per heavy atom. The number of hydrogen-bond donors (Lipinski definition) is 2. The molecule has 0 radical (unpaired) electrons. The smallest absolute Gasteiger partial charge is 0.348 e. The van der Waals surface area contributed by atoms with Crippen molar-refractivity contribution < 1.29 is 9.53 Å². The minimum atomic E-state index is -0.728. The minimum absolute atomic E-state index is 0.202. The van der Waals surface area contributed by atoms with Crippen molar-refractivity contribution in [3.63, 3.8) is 0 Å². The van der Waals surface area contributed by atoms with E-state index in [4.69, 9.17) is 10.5 Å². The molecule has 2 aromatic rings. The van der Waals surface area contributed by atoms with Crippen molar-refractivity contribution in [3.05, 3.63) is 34.7 Å². The van der Waals surface area contributed by atoms with E-state index in [0.717, 1.165) is 19.3 Å². The Kier molecular flexibility index (Phi) is 3.39. The van der Waals surface area contributed by atoms with Crippen LogP contribution in [-0.2, 0) is 4.79 Å². The number of aromatic nitrogens is 2. The predicted molar refractivity (Wildman–Crippen MR) is 96.6 cm³/mol. The van der Waals surface area contributed by atoms with E-state index in [1.165, 1.54) is 19.3 Å². The summed E-state index contributed by atoms with van der Waals surface area (Å²) in [6.45, 7) is 0. The number of benzene rings is 1. The molecule has 26 heavy (non-hydrogen) atoms. The van der Waals surface area contributed by atoms with E-state index < -0.39 is 17.7 Å². The lowest BCUT2D eigenvalue weighted by molar-refractivity contribution is -0.148. The highest BCUT2D eigenvalue weighted by Crippen LogP contribution is 2.61. The number of nitrogens with one attached hydrogen (secondary N) is 1. The summed E-state index contributed by atoms with van der Waals surface area (Å²) in [4.78, 5) is 31.1. The summed E-state index contributed by atoms with van der Waals surface area (Å²) in [7, 11) is 0. The van der Waals surface area contributed by atoms with E-state index in [9.17, 15) is 9.59 Å². The molecular formula is C20H23N3O3. The number of rotatable bonds is 4. The number of carbonyl (C=O) groups is 1. The first kappa shape index (κ1) is 15.9. The average molecular weight is 353 g/mol. The fourth-order valence-electron chi connectivity index (χ4n) is 6.26. The third kappa shape index (κ3) is 2.42. The van der Waals surface area contributed by atoms with Gasteiger partial charge in [0.2, 0.25) is 5.88 Å². The Morgan fingerprint density at radius 1 is 1.15 bits per heavy atom. The second-order valence-corrected chi connectivity index (χ2v) is 8.57. The van der Waals surface area contributed by atoms with E-state index in [2.05, 4.69) is 9.97 Å². The van der Waals surface area contributed by atoms with Gasteiger partial charge in [0.15, 0.2) is 6.10 Å². The number of nitrogens with two attached hydrogens (primary N) is 1. The zero-order valence-corrected chi connectivity index (χ0v) is 14.6. The molecular weight excluding hydrogens is 330 g/mol. The highest BCUT2D eigenvalue weighted by atomic mass is 16.5. The molecule has 6 nitrogen and oxygen atoms in total. The van der Waals surface area contributed by atoms with Crippen molar-refractivity contribution >= 4 is 16.8 Å². The number of aromatic amines is 1. The molecule has 1 heterocycles. The summed E-state index contributed by atoms with van der Waals surface area (Å²) in [6.07, 6.45) is 6.08. The van der Waals surface area contributed by atoms with Crippen LogP contribution in [0.2, 0.25) is 0 Å². The van der Waals surface area contributed by atoms with Gasteiger partial charge >= 0.3 is 5.69 Å². The van der Waals surface area contributed by atoms with E-state index in [1.54, 1.807) is 6.07 Å². The van der Waals surface area contributed by atoms with Gasteiger partial charge in [0.1, 0.15) is 0 Å². The molecule has 6 heteroatoms. The number of primary amides is 1. The van der Waals surface area contributed by atoms with Crippen LogP contribution in [0.4, 0.5) is 0 Å². The van der Waals surface area contributed by atoms with Gasteiger partial charge in [0.25, 0.3) is 5.91 Å². The molecule has 136 valence electrons. The number of carbonyl (C=O) groups excluding carboxylic acids is 1. The molecule has 4 fully saturated rings. The van der Waals surface area contributed by atoms with Crippen molar-refractivity contribution in [1.82, 2.24) is 9.97 Å². The summed E-state index contributed by atoms with van der Waals surface area (Å²) < 4.78 is 6.15. The first-order chi connectivity index (χ1) is 12.5. The van der Waals surface area contributed by atoms with E-state index in [-0.39, 0.29) is 11.3 Å². The monoisotopic (exact) mass is 353 g/mol. The molecule has 1 aromatic carbocycles. The van der Waals surface area contributed by atoms with Gasteiger partial charge < -0.3 is 15.5 Å². The van der Waals surface area contributed by atoms with E-state index in [1.807, 2.05) is 18.2 Å². The van der Waals surface area contributed by atoms with Crippen molar-refractivity contribution in [2.45, 2.75) is 44.6 Å². The quantitative estimate of drug-likeness (QED) is 0.881. The molecule has 3 N–H and O–H groups in total. The van der Waals surface area contributed by atoms with E-state index >= 15 is 0 Å². The fourth-order valence-corrected chi connectivity index (χ4v) is 6.26. The maximum atomic E-state index is 12.4. The van der Waals surface area contributed by atoms with Gasteiger partial charge in [-0.2, -0.15) is 4.98 Å². The molecule has 0 saturated heterocycles. The topological polar surface area (TPSA) is 98.1 Å². The number of ether oxygens (including phenoxy) is 1. The van der Waals surface area contributed by atoms with E-state index in [0.29, 0.717) is 28.7 Å². The molecule has 1 aromatic heterocycles. The number of fused-ring (bicyclic) bond motifs is 1. The Bertz CT molecular complexity index is 900. The third-order valence-electron chi connectivity index (χ3n) is 6.73. The molecule has 1 unspecified atom stereocenters. The maximum absolute atomic E-state index is 12.4. The van der Waals surface area contributed by atoms with Crippen LogP contribution < -0.4 is 16.2 Å². The SMILES string of the molecule is NC(=O)C(Oc1nc(=O)[nH]c2ccccc12)C12CC3CC(CC(C3)C1)C2. The number of H-pyrrole nitrogens is 1. The molecule has 4 bridgehead atoms. The van der Waals surface area contributed by atoms with Crippen LogP contribution in [0, 0.1) is 23.2 Å². The highest BCUT2D eigenvalue weighted by Gasteiger charge is 2.57. The van der Waals surface area contributed by atoms with Gasteiger partial charge in [0.05, 0.1) is 10.9 Å². The van der Waals surface area contributed by atoms with Crippen LogP contribution in [0.1, 0.15) is 38.5 Å². The molecule has 4 aliphatic carbocycles. The lowest BCUT2D eigenvalue weighted by atomic mass is 9.48. The second kappa shape index (κ2) is 5.56. The highest BCUT2D eigenvalue weighted by molar-refractivity contribution is 5.84. The van der Waals surface area contributed by atoms with Crippen molar-refractivity contribution in [1.29, 1.82) is 0 Å². The van der Waals surface area contributed by atoms with Gasteiger partial charge in [0, 0.05) is 5.41 Å². The molecule has 0 aliphatic heterocycles. The average Bonchev–Trinajstić information content (AvgIpc) is 2.57. The summed E-state index contributed by atoms with van der Waals surface area (Å²) in [5.41, 5.74) is 5.78. The van der Waals surface area contributed by atoms with Crippen LogP contribution >= 0.6 is 0 Å². The Hall–Kier alpha value is -2.37. The number of para-hydroxylation sites is 1. The number of nitrogens with zero attached hydrogens (tertiary/aromatic N) is 1. The van der Waals surface area contributed by atoms with Gasteiger partial charge in [-0.15, -0.1) is 0 Å². The van der Waals surface area contributed by atoms with Crippen molar-refractivity contribution in [3.8, 4) is 5.88 Å².